The molecule has 1 rings (SSSR count). The SMILES string of the molecule is CN(C)CCCNC(=O)CNC(=O)Cc1ccccc1. The molecule has 5 heteroatoms. The molecule has 2 N–H and O–H groups in total. The molecule has 0 saturated heterocycles. The first kappa shape index (κ1) is 16.2. The molecule has 0 bridgehead atoms. The summed E-state index contributed by atoms with van der Waals surface area (Å²) in [6, 6.07) is 9.46. The van der Waals surface area contributed by atoms with Crippen molar-refractivity contribution in [2.24, 2.45) is 0 Å². The second-order valence-electron chi connectivity index (χ2n) is 4.95. The van der Waals surface area contributed by atoms with Crippen LogP contribution in [0.5, 0.6) is 0 Å². The summed E-state index contributed by atoms with van der Waals surface area (Å²) in [7, 11) is 3.98. The number of nitrogens with zero attached hydrogens (tertiary/aromatic N) is 1. The third kappa shape index (κ3) is 7.53. The van der Waals surface area contributed by atoms with Crippen molar-refractivity contribution in [3.63, 3.8) is 0 Å². The minimum Gasteiger partial charge on any atom is -0.355 e. The number of benzene rings is 1. The zero-order valence-corrected chi connectivity index (χ0v) is 12.2. The first-order valence-corrected chi connectivity index (χ1v) is 6.80. The van der Waals surface area contributed by atoms with E-state index in [1.54, 1.807) is 0 Å². The minimum absolute atomic E-state index is 0.0353. The lowest BCUT2D eigenvalue weighted by Gasteiger charge is -2.10. The van der Waals surface area contributed by atoms with E-state index in [1.807, 2.05) is 44.4 Å². The number of rotatable bonds is 8. The fraction of sp³-hybridized carbons (Fsp3) is 0.467. The van der Waals surface area contributed by atoms with Crippen molar-refractivity contribution in [3.05, 3.63) is 35.9 Å². The summed E-state index contributed by atoms with van der Waals surface area (Å²) in [5, 5.41) is 5.40. The van der Waals surface area contributed by atoms with E-state index in [1.165, 1.54) is 0 Å². The molecule has 0 radical (unpaired) electrons. The molecule has 0 heterocycles. The average molecular weight is 277 g/mol. The van der Waals surface area contributed by atoms with Gasteiger partial charge >= 0.3 is 0 Å². The van der Waals surface area contributed by atoms with E-state index < -0.39 is 0 Å². The Bertz CT molecular complexity index is 418. The molecule has 0 aliphatic heterocycles. The molecule has 0 aromatic heterocycles. The third-order valence-corrected chi connectivity index (χ3v) is 2.76. The van der Waals surface area contributed by atoms with Gasteiger partial charge in [-0.3, -0.25) is 9.59 Å². The Morgan fingerprint density at radius 3 is 2.40 bits per heavy atom. The molecule has 0 aliphatic carbocycles. The van der Waals surface area contributed by atoms with Gasteiger partial charge in [-0.1, -0.05) is 30.3 Å². The minimum atomic E-state index is -0.148. The first-order valence-electron chi connectivity index (χ1n) is 6.80. The van der Waals surface area contributed by atoms with Crippen molar-refractivity contribution in [1.29, 1.82) is 0 Å². The van der Waals surface area contributed by atoms with Crippen molar-refractivity contribution in [1.82, 2.24) is 15.5 Å². The van der Waals surface area contributed by atoms with Crippen LogP contribution in [0, 0.1) is 0 Å². The van der Waals surface area contributed by atoms with Crippen LogP contribution in [0.25, 0.3) is 0 Å². The van der Waals surface area contributed by atoms with E-state index in [-0.39, 0.29) is 18.4 Å². The fourth-order valence-electron chi connectivity index (χ4n) is 1.71. The summed E-state index contributed by atoms with van der Waals surface area (Å²) in [6.07, 6.45) is 1.20. The van der Waals surface area contributed by atoms with E-state index in [4.69, 9.17) is 0 Å². The molecule has 2 amide bonds. The van der Waals surface area contributed by atoms with Crippen molar-refractivity contribution in [2.45, 2.75) is 12.8 Å². The van der Waals surface area contributed by atoms with Gasteiger partial charge in [0, 0.05) is 6.54 Å². The van der Waals surface area contributed by atoms with Crippen LogP contribution in [0.3, 0.4) is 0 Å². The van der Waals surface area contributed by atoms with E-state index >= 15 is 0 Å². The quantitative estimate of drug-likeness (QED) is 0.677. The highest BCUT2D eigenvalue weighted by Gasteiger charge is 2.05. The van der Waals surface area contributed by atoms with Crippen LogP contribution in [-0.4, -0.2) is 50.4 Å². The Kier molecular flexibility index (Phi) is 7.35. The van der Waals surface area contributed by atoms with Gasteiger partial charge in [-0.05, 0) is 32.6 Å². The lowest BCUT2D eigenvalue weighted by atomic mass is 10.1. The highest BCUT2D eigenvalue weighted by molar-refractivity contribution is 5.85. The normalized spacial score (nSPS) is 10.3. The van der Waals surface area contributed by atoms with Crippen LogP contribution in [0.2, 0.25) is 0 Å². The number of carbonyl (C=O) groups excluding carboxylic acids is 2. The van der Waals surface area contributed by atoms with Gasteiger partial charge < -0.3 is 15.5 Å². The zero-order chi connectivity index (χ0) is 14.8. The number of amides is 2. The summed E-state index contributed by atoms with van der Waals surface area (Å²) in [5.74, 6) is -0.287. The molecule has 0 unspecified atom stereocenters. The Morgan fingerprint density at radius 2 is 1.75 bits per heavy atom. The van der Waals surface area contributed by atoms with Gasteiger partial charge in [-0.25, -0.2) is 0 Å². The molecule has 0 atom stereocenters. The zero-order valence-electron chi connectivity index (χ0n) is 12.2. The average Bonchev–Trinajstić information content (AvgIpc) is 2.42. The predicted molar refractivity (Wildman–Crippen MR) is 79.3 cm³/mol. The van der Waals surface area contributed by atoms with Crippen LogP contribution in [-0.2, 0) is 16.0 Å². The second kappa shape index (κ2) is 9.09. The van der Waals surface area contributed by atoms with E-state index in [0.717, 1.165) is 18.5 Å². The number of hydrogen-bond donors (Lipinski definition) is 2. The van der Waals surface area contributed by atoms with Crippen LogP contribution in [0.4, 0.5) is 0 Å². The van der Waals surface area contributed by atoms with Gasteiger partial charge in [0.05, 0.1) is 13.0 Å². The maximum absolute atomic E-state index is 11.6. The summed E-state index contributed by atoms with van der Waals surface area (Å²) in [4.78, 5) is 25.2. The standard InChI is InChI=1S/C15H23N3O2/c1-18(2)10-6-9-16-15(20)12-17-14(19)11-13-7-4-3-5-8-13/h3-5,7-8H,6,9-12H2,1-2H3,(H,16,20)(H,17,19). The summed E-state index contributed by atoms with van der Waals surface area (Å²) < 4.78 is 0. The van der Waals surface area contributed by atoms with Crippen LogP contribution in [0.1, 0.15) is 12.0 Å². The van der Waals surface area contributed by atoms with Gasteiger partial charge in [0.25, 0.3) is 0 Å². The Labute approximate surface area is 120 Å². The van der Waals surface area contributed by atoms with E-state index in [2.05, 4.69) is 15.5 Å². The summed E-state index contributed by atoms with van der Waals surface area (Å²) in [5.41, 5.74) is 0.941. The smallest absolute Gasteiger partial charge is 0.239 e. The van der Waals surface area contributed by atoms with Crippen molar-refractivity contribution in [2.75, 3.05) is 33.7 Å². The molecule has 0 fully saturated rings. The van der Waals surface area contributed by atoms with Gasteiger partial charge in [0.2, 0.25) is 11.8 Å². The van der Waals surface area contributed by atoms with Gasteiger partial charge in [-0.2, -0.15) is 0 Å². The Balaban J connectivity index is 2.13. The lowest BCUT2D eigenvalue weighted by molar-refractivity contribution is -0.125. The van der Waals surface area contributed by atoms with Crippen molar-refractivity contribution < 1.29 is 9.59 Å². The lowest BCUT2D eigenvalue weighted by Crippen LogP contribution is -2.38. The highest BCUT2D eigenvalue weighted by Crippen LogP contribution is 1.98. The van der Waals surface area contributed by atoms with E-state index in [9.17, 15) is 9.59 Å². The monoisotopic (exact) mass is 277 g/mol. The topological polar surface area (TPSA) is 61.4 Å². The highest BCUT2D eigenvalue weighted by atomic mass is 16.2. The molecule has 0 aliphatic rings. The Morgan fingerprint density at radius 1 is 1.05 bits per heavy atom. The van der Waals surface area contributed by atoms with Gasteiger partial charge in [0.1, 0.15) is 0 Å². The summed E-state index contributed by atoms with van der Waals surface area (Å²) >= 11 is 0. The van der Waals surface area contributed by atoms with Crippen molar-refractivity contribution in [3.8, 4) is 0 Å². The Hall–Kier alpha value is -1.88. The molecule has 0 saturated carbocycles. The van der Waals surface area contributed by atoms with Gasteiger partial charge in [0.15, 0.2) is 0 Å². The molecule has 20 heavy (non-hydrogen) atoms. The van der Waals surface area contributed by atoms with Crippen molar-refractivity contribution >= 4 is 11.8 Å². The molecule has 1 aromatic carbocycles. The van der Waals surface area contributed by atoms with Gasteiger partial charge in [-0.15, -0.1) is 0 Å². The van der Waals surface area contributed by atoms with Crippen LogP contribution >= 0.6 is 0 Å². The number of nitrogens with one attached hydrogen (secondary N) is 2. The van der Waals surface area contributed by atoms with Crippen LogP contribution < -0.4 is 10.6 Å². The number of carbonyl (C=O) groups is 2. The molecular weight excluding hydrogens is 254 g/mol. The maximum Gasteiger partial charge on any atom is 0.239 e. The molecule has 5 nitrogen and oxygen atoms in total. The molecular formula is C15H23N3O2. The maximum atomic E-state index is 11.6. The molecule has 1 aromatic rings. The second-order valence-corrected chi connectivity index (χ2v) is 4.95. The largest absolute Gasteiger partial charge is 0.355 e. The molecule has 110 valence electrons. The van der Waals surface area contributed by atoms with E-state index in [0.29, 0.717) is 13.0 Å². The van der Waals surface area contributed by atoms with Crippen LogP contribution in [0.15, 0.2) is 30.3 Å². The summed E-state index contributed by atoms with van der Waals surface area (Å²) in [6.45, 7) is 1.60. The first-order chi connectivity index (χ1) is 9.58. The third-order valence-electron chi connectivity index (χ3n) is 2.76. The number of hydrogen-bond acceptors (Lipinski definition) is 3. The predicted octanol–water partition coefficient (Wildman–Crippen LogP) is 0.413. The molecule has 0 spiro atoms. The fourth-order valence-corrected chi connectivity index (χ4v) is 1.71.